The van der Waals surface area contributed by atoms with Crippen LogP contribution in [0.5, 0.6) is 11.5 Å². The molecule has 0 heterocycles. The molecule has 8 heteroatoms. The highest BCUT2D eigenvalue weighted by Gasteiger charge is 2.10. The number of benzene rings is 3. The quantitative estimate of drug-likeness (QED) is 0.477. The van der Waals surface area contributed by atoms with Crippen molar-refractivity contribution < 1.29 is 19.1 Å². The lowest BCUT2D eigenvalue weighted by Gasteiger charge is -2.13. The summed E-state index contributed by atoms with van der Waals surface area (Å²) >= 11 is 12.0. The van der Waals surface area contributed by atoms with Crippen LogP contribution in [0.4, 0.5) is 11.4 Å². The van der Waals surface area contributed by atoms with Crippen molar-refractivity contribution in [3.8, 4) is 11.5 Å². The first-order valence-electron chi connectivity index (χ1n) is 9.37. The second kappa shape index (κ2) is 10.7. The van der Waals surface area contributed by atoms with Crippen molar-refractivity contribution in [2.24, 2.45) is 0 Å². The van der Waals surface area contributed by atoms with Gasteiger partial charge in [0.25, 0.3) is 11.8 Å². The van der Waals surface area contributed by atoms with Crippen LogP contribution in [0.3, 0.4) is 0 Å². The molecule has 0 unspecified atom stereocenters. The Balaban J connectivity index is 1.55. The third-order valence-corrected chi connectivity index (χ3v) is 4.81. The molecule has 3 aromatic rings. The number of anilines is 2. The van der Waals surface area contributed by atoms with E-state index in [-0.39, 0.29) is 25.0 Å². The zero-order chi connectivity index (χ0) is 22.2. The lowest BCUT2D eigenvalue weighted by Crippen LogP contribution is -2.22. The van der Waals surface area contributed by atoms with Gasteiger partial charge in [-0.05, 0) is 48.9 Å². The maximum atomic E-state index is 12.3. The molecule has 0 aliphatic carbocycles. The maximum absolute atomic E-state index is 12.3. The van der Waals surface area contributed by atoms with Crippen LogP contribution in [-0.2, 0) is 9.59 Å². The van der Waals surface area contributed by atoms with Crippen molar-refractivity contribution in [2.75, 3.05) is 23.8 Å². The highest BCUT2D eigenvalue weighted by molar-refractivity contribution is 6.32. The van der Waals surface area contributed by atoms with Crippen LogP contribution >= 0.6 is 23.2 Å². The standard InChI is InChI=1S/C23H20Cl2N2O4/c1-15-10-11-16(26-22(28)13-30-20-8-4-2-6-17(20)24)12-19(15)27-23(29)14-31-21-9-5-3-7-18(21)25/h2-12H,13-14H2,1H3,(H,26,28)(H,27,29). The molecule has 0 saturated heterocycles. The van der Waals surface area contributed by atoms with Gasteiger partial charge in [0, 0.05) is 11.4 Å². The Bertz CT molecular complexity index is 1090. The number of hydrogen-bond acceptors (Lipinski definition) is 4. The van der Waals surface area contributed by atoms with Gasteiger partial charge in [-0.15, -0.1) is 0 Å². The van der Waals surface area contributed by atoms with E-state index in [0.29, 0.717) is 32.9 Å². The molecule has 3 aromatic carbocycles. The number of aryl methyl sites for hydroxylation is 1. The summed E-state index contributed by atoms with van der Waals surface area (Å²) in [5.41, 5.74) is 1.90. The molecule has 0 atom stereocenters. The highest BCUT2D eigenvalue weighted by atomic mass is 35.5. The number of carbonyl (C=O) groups is 2. The number of nitrogens with one attached hydrogen (secondary N) is 2. The van der Waals surface area contributed by atoms with E-state index in [1.165, 1.54) is 0 Å². The highest BCUT2D eigenvalue weighted by Crippen LogP contribution is 2.25. The number of ether oxygens (including phenoxy) is 2. The van der Waals surface area contributed by atoms with Crippen LogP contribution in [0.15, 0.2) is 66.7 Å². The normalized spacial score (nSPS) is 10.3. The average Bonchev–Trinajstić information content (AvgIpc) is 2.75. The Morgan fingerprint density at radius 2 is 1.29 bits per heavy atom. The smallest absolute Gasteiger partial charge is 0.262 e. The van der Waals surface area contributed by atoms with Crippen molar-refractivity contribution in [1.29, 1.82) is 0 Å². The molecule has 0 aliphatic rings. The summed E-state index contributed by atoms with van der Waals surface area (Å²) in [6, 6.07) is 19.0. The maximum Gasteiger partial charge on any atom is 0.262 e. The van der Waals surface area contributed by atoms with Gasteiger partial charge in [0.2, 0.25) is 0 Å². The molecule has 31 heavy (non-hydrogen) atoms. The van der Waals surface area contributed by atoms with Crippen LogP contribution in [0, 0.1) is 6.92 Å². The first kappa shape index (κ1) is 22.5. The summed E-state index contributed by atoms with van der Waals surface area (Å²) in [6.45, 7) is 1.44. The van der Waals surface area contributed by atoms with Crippen LogP contribution < -0.4 is 20.1 Å². The fourth-order valence-electron chi connectivity index (χ4n) is 2.63. The van der Waals surface area contributed by atoms with E-state index < -0.39 is 0 Å². The molecule has 0 aliphatic heterocycles. The van der Waals surface area contributed by atoms with Crippen LogP contribution in [-0.4, -0.2) is 25.0 Å². The first-order chi connectivity index (χ1) is 14.9. The molecule has 3 rings (SSSR count). The monoisotopic (exact) mass is 458 g/mol. The fraction of sp³-hybridized carbons (Fsp3) is 0.130. The molecule has 0 bridgehead atoms. The van der Waals surface area contributed by atoms with Crippen molar-refractivity contribution in [1.82, 2.24) is 0 Å². The van der Waals surface area contributed by atoms with Crippen LogP contribution in [0.1, 0.15) is 5.56 Å². The van der Waals surface area contributed by atoms with E-state index in [9.17, 15) is 9.59 Å². The summed E-state index contributed by atoms with van der Waals surface area (Å²) in [5, 5.41) is 6.35. The molecule has 0 radical (unpaired) electrons. The third-order valence-electron chi connectivity index (χ3n) is 4.19. The predicted molar refractivity (Wildman–Crippen MR) is 122 cm³/mol. The molecule has 6 nitrogen and oxygen atoms in total. The first-order valence-corrected chi connectivity index (χ1v) is 10.1. The fourth-order valence-corrected chi connectivity index (χ4v) is 3.01. The zero-order valence-corrected chi connectivity index (χ0v) is 18.2. The predicted octanol–water partition coefficient (Wildman–Crippen LogP) is 5.34. The Morgan fingerprint density at radius 3 is 1.84 bits per heavy atom. The molecule has 0 saturated carbocycles. The Morgan fingerprint density at radius 1 is 0.774 bits per heavy atom. The minimum Gasteiger partial charge on any atom is -0.482 e. The Hall–Kier alpha value is -3.22. The molecule has 2 amide bonds. The minimum atomic E-state index is -0.358. The van der Waals surface area contributed by atoms with Crippen molar-refractivity contribution >= 4 is 46.4 Å². The Kier molecular flexibility index (Phi) is 7.76. The minimum absolute atomic E-state index is 0.203. The number of amides is 2. The molecule has 160 valence electrons. The van der Waals surface area contributed by atoms with Gasteiger partial charge in [-0.25, -0.2) is 0 Å². The SMILES string of the molecule is Cc1ccc(NC(=O)COc2ccccc2Cl)cc1NC(=O)COc1ccccc1Cl. The number of rotatable bonds is 8. The van der Waals surface area contributed by atoms with Gasteiger partial charge < -0.3 is 20.1 Å². The van der Waals surface area contributed by atoms with E-state index in [0.717, 1.165) is 5.56 Å². The molecule has 2 N–H and O–H groups in total. The summed E-state index contributed by atoms with van der Waals surface area (Å²) in [6.07, 6.45) is 0. The topological polar surface area (TPSA) is 76.7 Å². The van der Waals surface area contributed by atoms with Gasteiger partial charge >= 0.3 is 0 Å². The van der Waals surface area contributed by atoms with Crippen LogP contribution in [0.25, 0.3) is 0 Å². The van der Waals surface area contributed by atoms with Gasteiger partial charge in [0.1, 0.15) is 11.5 Å². The van der Waals surface area contributed by atoms with E-state index in [1.807, 2.05) is 6.92 Å². The molecular weight excluding hydrogens is 439 g/mol. The van der Waals surface area contributed by atoms with E-state index in [4.69, 9.17) is 32.7 Å². The molecule has 0 aromatic heterocycles. The van der Waals surface area contributed by atoms with Crippen molar-refractivity contribution in [3.63, 3.8) is 0 Å². The number of carbonyl (C=O) groups excluding carboxylic acids is 2. The third kappa shape index (κ3) is 6.64. The molecule has 0 fully saturated rings. The lowest BCUT2D eigenvalue weighted by molar-refractivity contribution is -0.118. The Labute approximate surface area is 190 Å². The van der Waals surface area contributed by atoms with Gasteiger partial charge in [0.05, 0.1) is 10.0 Å². The van der Waals surface area contributed by atoms with Gasteiger partial charge in [0.15, 0.2) is 13.2 Å². The summed E-state index contributed by atoms with van der Waals surface area (Å²) in [4.78, 5) is 24.5. The van der Waals surface area contributed by atoms with E-state index >= 15 is 0 Å². The largest absolute Gasteiger partial charge is 0.482 e. The van der Waals surface area contributed by atoms with Crippen LogP contribution in [0.2, 0.25) is 10.0 Å². The second-order valence-corrected chi connectivity index (χ2v) is 7.38. The second-order valence-electron chi connectivity index (χ2n) is 6.56. The van der Waals surface area contributed by atoms with Crippen molar-refractivity contribution in [3.05, 3.63) is 82.3 Å². The number of halogens is 2. The summed E-state index contributed by atoms with van der Waals surface area (Å²) in [7, 11) is 0. The van der Waals surface area contributed by atoms with E-state index in [1.54, 1.807) is 66.7 Å². The number of hydrogen-bond donors (Lipinski definition) is 2. The van der Waals surface area contributed by atoms with Crippen molar-refractivity contribution in [2.45, 2.75) is 6.92 Å². The van der Waals surface area contributed by atoms with E-state index in [2.05, 4.69) is 10.6 Å². The summed E-state index contributed by atoms with van der Waals surface area (Å²) in [5.74, 6) is 0.141. The molecule has 0 spiro atoms. The average molecular weight is 459 g/mol. The van der Waals surface area contributed by atoms with Gasteiger partial charge in [-0.2, -0.15) is 0 Å². The zero-order valence-electron chi connectivity index (χ0n) is 16.7. The van der Waals surface area contributed by atoms with Gasteiger partial charge in [-0.3, -0.25) is 9.59 Å². The number of para-hydroxylation sites is 2. The van der Waals surface area contributed by atoms with Gasteiger partial charge in [-0.1, -0.05) is 53.5 Å². The molecular formula is C23H20Cl2N2O4. The summed E-state index contributed by atoms with van der Waals surface area (Å²) < 4.78 is 10.9. The lowest BCUT2D eigenvalue weighted by atomic mass is 10.1.